The van der Waals surface area contributed by atoms with Crippen molar-refractivity contribution >= 4 is 17.7 Å². The molecule has 0 aliphatic carbocycles. The fourth-order valence-electron chi connectivity index (χ4n) is 2.73. The fraction of sp³-hybridized carbons (Fsp3) is 0.130. The lowest BCUT2D eigenvalue weighted by molar-refractivity contribution is -0.118. The number of phenolic OH excluding ortho intramolecular Hbond substituents is 1. The van der Waals surface area contributed by atoms with Crippen LogP contribution < -0.4 is 10.6 Å². The maximum absolute atomic E-state index is 12.8. The van der Waals surface area contributed by atoms with Crippen LogP contribution in [0.3, 0.4) is 0 Å². The SMILES string of the molecule is O=C(N[C@@H](Cc1ccc(O)cc1)C(=O)Nc1ccccc1)OCc1ccccc1. The number of carbonyl (C=O) groups excluding carboxylic acids is 2. The van der Waals surface area contributed by atoms with Gasteiger partial charge in [0, 0.05) is 12.1 Å². The summed E-state index contributed by atoms with van der Waals surface area (Å²) >= 11 is 0. The van der Waals surface area contributed by atoms with Gasteiger partial charge in [0.05, 0.1) is 0 Å². The van der Waals surface area contributed by atoms with Gasteiger partial charge in [-0.1, -0.05) is 60.7 Å². The molecule has 0 aliphatic rings. The zero-order chi connectivity index (χ0) is 20.5. The maximum atomic E-state index is 12.8. The molecule has 0 aliphatic heterocycles. The van der Waals surface area contributed by atoms with E-state index in [1.165, 1.54) is 12.1 Å². The summed E-state index contributed by atoms with van der Waals surface area (Å²) in [7, 11) is 0. The summed E-state index contributed by atoms with van der Waals surface area (Å²) in [4.78, 5) is 25.0. The molecule has 0 saturated carbocycles. The largest absolute Gasteiger partial charge is 0.508 e. The fourth-order valence-corrected chi connectivity index (χ4v) is 2.73. The van der Waals surface area contributed by atoms with Gasteiger partial charge >= 0.3 is 6.09 Å². The molecular weight excluding hydrogens is 368 g/mol. The highest BCUT2D eigenvalue weighted by Crippen LogP contribution is 2.13. The number of aromatic hydroxyl groups is 1. The van der Waals surface area contributed by atoms with Crippen molar-refractivity contribution in [2.75, 3.05) is 5.32 Å². The van der Waals surface area contributed by atoms with E-state index in [0.717, 1.165) is 11.1 Å². The summed E-state index contributed by atoms with van der Waals surface area (Å²) in [6.07, 6.45) is -0.430. The van der Waals surface area contributed by atoms with Gasteiger partial charge in [-0.2, -0.15) is 0 Å². The van der Waals surface area contributed by atoms with Gasteiger partial charge in [-0.05, 0) is 35.4 Å². The number of alkyl carbamates (subject to hydrolysis) is 1. The zero-order valence-electron chi connectivity index (χ0n) is 15.7. The summed E-state index contributed by atoms with van der Waals surface area (Å²) in [6, 6.07) is 23.9. The number of ether oxygens (including phenoxy) is 1. The van der Waals surface area contributed by atoms with Crippen molar-refractivity contribution in [3.8, 4) is 5.75 Å². The van der Waals surface area contributed by atoms with Crippen LogP contribution in [-0.2, 0) is 22.6 Å². The van der Waals surface area contributed by atoms with Crippen LogP contribution in [0, 0.1) is 0 Å². The predicted octanol–water partition coefficient (Wildman–Crippen LogP) is 3.87. The molecule has 0 fully saturated rings. The molecule has 0 aromatic heterocycles. The van der Waals surface area contributed by atoms with E-state index in [0.29, 0.717) is 5.69 Å². The summed E-state index contributed by atoms with van der Waals surface area (Å²) in [6.45, 7) is 0.110. The lowest BCUT2D eigenvalue weighted by Crippen LogP contribution is -2.45. The molecule has 3 rings (SSSR count). The van der Waals surface area contributed by atoms with E-state index in [2.05, 4.69) is 10.6 Å². The molecule has 3 aromatic rings. The minimum Gasteiger partial charge on any atom is -0.508 e. The number of para-hydroxylation sites is 1. The Bertz CT molecular complexity index is 928. The standard InChI is InChI=1S/C23H22N2O4/c26-20-13-11-17(12-14-20)15-21(22(27)24-19-9-5-2-6-10-19)25-23(28)29-16-18-7-3-1-4-8-18/h1-14,21,26H,15-16H2,(H,24,27)(H,25,28)/t21-/m0/s1. The van der Waals surface area contributed by atoms with Crippen LogP contribution in [-0.4, -0.2) is 23.1 Å². The van der Waals surface area contributed by atoms with Gasteiger partial charge in [0.25, 0.3) is 0 Å². The molecule has 0 unspecified atom stereocenters. The van der Waals surface area contributed by atoms with E-state index in [9.17, 15) is 14.7 Å². The first-order valence-corrected chi connectivity index (χ1v) is 9.21. The highest BCUT2D eigenvalue weighted by Gasteiger charge is 2.22. The van der Waals surface area contributed by atoms with Crippen LogP contribution in [0.25, 0.3) is 0 Å². The van der Waals surface area contributed by atoms with Gasteiger partial charge in [-0.25, -0.2) is 4.79 Å². The van der Waals surface area contributed by atoms with Crippen LogP contribution in [0.4, 0.5) is 10.5 Å². The number of benzene rings is 3. The van der Waals surface area contributed by atoms with E-state index in [1.54, 1.807) is 24.3 Å². The van der Waals surface area contributed by atoms with Crippen molar-refractivity contribution in [2.24, 2.45) is 0 Å². The second-order valence-corrected chi connectivity index (χ2v) is 6.48. The summed E-state index contributed by atoms with van der Waals surface area (Å²) in [5, 5.41) is 14.9. The molecule has 0 spiro atoms. The van der Waals surface area contributed by atoms with Gasteiger partial charge in [0.15, 0.2) is 0 Å². The van der Waals surface area contributed by atoms with E-state index < -0.39 is 12.1 Å². The average molecular weight is 390 g/mol. The predicted molar refractivity (Wildman–Crippen MR) is 110 cm³/mol. The van der Waals surface area contributed by atoms with Crippen molar-refractivity contribution in [2.45, 2.75) is 19.1 Å². The number of amides is 2. The second-order valence-electron chi connectivity index (χ2n) is 6.48. The van der Waals surface area contributed by atoms with Gasteiger partial charge < -0.3 is 20.5 Å². The first kappa shape index (κ1) is 19.9. The molecule has 6 nitrogen and oxygen atoms in total. The minimum absolute atomic E-state index is 0.110. The third-order valence-corrected chi connectivity index (χ3v) is 4.24. The zero-order valence-corrected chi connectivity index (χ0v) is 15.7. The van der Waals surface area contributed by atoms with Gasteiger partial charge in [-0.3, -0.25) is 4.79 Å². The summed E-state index contributed by atoms with van der Waals surface area (Å²) < 4.78 is 5.25. The van der Waals surface area contributed by atoms with Crippen LogP contribution in [0.1, 0.15) is 11.1 Å². The number of anilines is 1. The Kier molecular flexibility index (Phi) is 6.84. The molecule has 3 aromatic carbocycles. The third kappa shape index (κ3) is 6.39. The topological polar surface area (TPSA) is 87.7 Å². The van der Waals surface area contributed by atoms with Crippen LogP contribution in [0.2, 0.25) is 0 Å². The highest BCUT2D eigenvalue weighted by molar-refractivity contribution is 5.96. The van der Waals surface area contributed by atoms with Crippen LogP contribution in [0.5, 0.6) is 5.75 Å². The monoisotopic (exact) mass is 390 g/mol. The molecule has 0 saturated heterocycles. The van der Waals surface area contributed by atoms with E-state index in [4.69, 9.17) is 4.74 Å². The van der Waals surface area contributed by atoms with Gasteiger partial charge in [0.2, 0.25) is 5.91 Å². The molecule has 2 amide bonds. The first-order chi connectivity index (χ1) is 14.1. The van der Waals surface area contributed by atoms with Gasteiger partial charge in [0.1, 0.15) is 18.4 Å². The number of phenols is 1. The Morgan fingerprint density at radius 1 is 0.828 bits per heavy atom. The molecular formula is C23H22N2O4. The smallest absolute Gasteiger partial charge is 0.408 e. The highest BCUT2D eigenvalue weighted by atomic mass is 16.5. The van der Waals surface area contributed by atoms with Crippen molar-refractivity contribution in [3.05, 3.63) is 96.1 Å². The third-order valence-electron chi connectivity index (χ3n) is 4.24. The summed E-state index contributed by atoms with van der Waals surface area (Å²) in [5.41, 5.74) is 2.28. The molecule has 3 N–H and O–H groups in total. The lowest BCUT2D eigenvalue weighted by Gasteiger charge is -2.18. The molecule has 0 radical (unpaired) electrons. The van der Waals surface area contributed by atoms with Crippen molar-refractivity contribution < 1.29 is 19.4 Å². The van der Waals surface area contributed by atoms with E-state index >= 15 is 0 Å². The second kappa shape index (κ2) is 9.94. The number of nitrogens with one attached hydrogen (secondary N) is 2. The molecule has 1 atom stereocenters. The maximum Gasteiger partial charge on any atom is 0.408 e. The normalized spacial score (nSPS) is 11.3. The lowest BCUT2D eigenvalue weighted by atomic mass is 10.0. The molecule has 6 heteroatoms. The number of carbonyl (C=O) groups is 2. The quantitative estimate of drug-likeness (QED) is 0.572. The van der Waals surface area contributed by atoms with Crippen LogP contribution in [0.15, 0.2) is 84.9 Å². The Morgan fingerprint density at radius 3 is 2.10 bits per heavy atom. The Labute approximate surface area is 169 Å². The van der Waals surface area contributed by atoms with E-state index in [1.807, 2.05) is 48.5 Å². The Morgan fingerprint density at radius 2 is 1.45 bits per heavy atom. The summed E-state index contributed by atoms with van der Waals surface area (Å²) in [5.74, 6) is -0.227. The van der Waals surface area contributed by atoms with Crippen molar-refractivity contribution in [3.63, 3.8) is 0 Å². The number of hydrogen-bond donors (Lipinski definition) is 3. The van der Waals surface area contributed by atoms with E-state index in [-0.39, 0.29) is 24.7 Å². The minimum atomic E-state index is -0.844. The molecule has 29 heavy (non-hydrogen) atoms. The average Bonchev–Trinajstić information content (AvgIpc) is 2.75. The van der Waals surface area contributed by atoms with Crippen molar-refractivity contribution in [1.29, 1.82) is 0 Å². The van der Waals surface area contributed by atoms with Crippen LogP contribution >= 0.6 is 0 Å². The Hall–Kier alpha value is -3.80. The first-order valence-electron chi connectivity index (χ1n) is 9.21. The molecule has 148 valence electrons. The Balaban J connectivity index is 1.66. The molecule has 0 heterocycles. The number of rotatable bonds is 7. The van der Waals surface area contributed by atoms with Gasteiger partial charge in [-0.15, -0.1) is 0 Å². The molecule has 0 bridgehead atoms. The van der Waals surface area contributed by atoms with Crippen molar-refractivity contribution in [1.82, 2.24) is 5.32 Å². The number of hydrogen-bond acceptors (Lipinski definition) is 4.